The van der Waals surface area contributed by atoms with Crippen molar-refractivity contribution < 1.29 is 19.1 Å². The summed E-state index contributed by atoms with van der Waals surface area (Å²) in [6.45, 7) is 8.49. The highest BCUT2D eigenvalue weighted by Gasteiger charge is 2.15. The van der Waals surface area contributed by atoms with Crippen molar-refractivity contribution in [2.45, 2.75) is 72.3 Å². The van der Waals surface area contributed by atoms with Gasteiger partial charge in [-0.15, -0.1) is 0 Å². The zero-order valence-electron chi connectivity index (χ0n) is 12.7. The van der Waals surface area contributed by atoms with Gasteiger partial charge in [-0.05, 0) is 25.7 Å². The normalized spacial score (nSPS) is 12.3. The first-order valence-corrected chi connectivity index (χ1v) is 7.30. The van der Waals surface area contributed by atoms with Crippen molar-refractivity contribution in [1.82, 2.24) is 0 Å². The number of ether oxygens (including phenoxy) is 2. The van der Waals surface area contributed by atoms with E-state index in [0.717, 1.165) is 32.1 Å². The van der Waals surface area contributed by atoms with Gasteiger partial charge >= 0.3 is 11.9 Å². The summed E-state index contributed by atoms with van der Waals surface area (Å²) in [7, 11) is 0. The molecule has 0 saturated carbocycles. The molecule has 4 heteroatoms. The maximum atomic E-state index is 11.5. The van der Waals surface area contributed by atoms with E-state index >= 15 is 0 Å². The Morgan fingerprint density at radius 1 is 1.00 bits per heavy atom. The summed E-state index contributed by atoms with van der Waals surface area (Å²) in [6.07, 6.45) is 4.58. The molecule has 112 valence electrons. The fourth-order valence-corrected chi connectivity index (χ4v) is 1.86. The van der Waals surface area contributed by atoms with Crippen molar-refractivity contribution in [1.29, 1.82) is 0 Å². The topological polar surface area (TPSA) is 52.6 Å². The van der Waals surface area contributed by atoms with Gasteiger partial charge < -0.3 is 9.47 Å². The molecule has 0 aliphatic carbocycles. The Morgan fingerprint density at radius 2 is 1.68 bits per heavy atom. The molecule has 0 aromatic rings. The highest BCUT2D eigenvalue weighted by molar-refractivity contribution is 5.91. The summed E-state index contributed by atoms with van der Waals surface area (Å²) in [5.41, 5.74) is 0. The monoisotopic (exact) mass is 272 g/mol. The van der Waals surface area contributed by atoms with Crippen molar-refractivity contribution in [3.8, 4) is 0 Å². The van der Waals surface area contributed by atoms with Crippen molar-refractivity contribution >= 4 is 11.9 Å². The van der Waals surface area contributed by atoms with Crippen LogP contribution in [-0.2, 0) is 19.1 Å². The Morgan fingerprint density at radius 3 is 2.26 bits per heavy atom. The van der Waals surface area contributed by atoms with Crippen molar-refractivity contribution in [2.24, 2.45) is 5.92 Å². The second-order valence-electron chi connectivity index (χ2n) is 5.39. The SMILES string of the molecule is CCCCCCOC(=O)CC(=O)OC(C)CC(C)C. The fraction of sp³-hybridized carbons (Fsp3) is 0.867. The molecular formula is C15H28O4. The highest BCUT2D eigenvalue weighted by atomic mass is 16.6. The van der Waals surface area contributed by atoms with Crippen LogP contribution in [0.5, 0.6) is 0 Å². The van der Waals surface area contributed by atoms with E-state index in [0.29, 0.717) is 12.5 Å². The molecule has 4 nitrogen and oxygen atoms in total. The Kier molecular flexibility index (Phi) is 10.2. The van der Waals surface area contributed by atoms with Gasteiger partial charge in [0.05, 0.1) is 12.7 Å². The Bertz CT molecular complexity index is 261. The lowest BCUT2D eigenvalue weighted by Gasteiger charge is -2.14. The van der Waals surface area contributed by atoms with Crippen LogP contribution in [0.4, 0.5) is 0 Å². The number of hydrogen-bond donors (Lipinski definition) is 0. The van der Waals surface area contributed by atoms with Gasteiger partial charge in [0, 0.05) is 0 Å². The predicted molar refractivity (Wildman–Crippen MR) is 74.7 cm³/mol. The molecule has 0 fully saturated rings. The molecule has 19 heavy (non-hydrogen) atoms. The standard InChI is InChI=1S/C15H28O4/c1-5-6-7-8-9-18-14(16)11-15(17)19-13(4)10-12(2)3/h12-13H,5-11H2,1-4H3. The minimum atomic E-state index is -0.494. The lowest BCUT2D eigenvalue weighted by atomic mass is 10.1. The van der Waals surface area contributed by atoms with E-state index in [1.165, 1.54) is 0 Å². The average Bonchev–Trinajstić information content (AvgIpc) is 2.26. The molecule has 0 aliphatic heterocycles. The van der Waals surface area contributed by atoms with Gasteiger partial charge in [0.25, 0.3) is 0 Å². The first-order chi connectivity index (χ1) is 8.95. The minimum Gasteiger partial charge on any atom is -0.465 e. The van der Waals surface area contributed by atoms with E-state index in [-0.39, 0.29) is 12.5 Å². The summed E-state index contributed by atoms with van der Waals surface area (Å²) in [5.74, 6) is -0.515. The molecular weight excluding hydrogens is 244 g/mol. The molecule has 0 heterocycles. The van der Waals surface area contributed by atoms with Crippen LogP contribution in [0.2, 0.25) is 0 Å². The van der Waals surface area contributed by atoms with E-state index < -0.39 is 11.9 Å². The van der Waals surface area contributed by atoms with Crippen LogP contribution < -0.4 is 0 Å². The van der Waals surface area contributed by atoms with Gasteiger partial charge in [0.1, 0.15) is 6.42 Å². The minimum absolute atomic E-state index is 0.148. The number of carbonyl (C=O) groups is 2. The van der Waals surface area contributed by atoms with Crippen molar-refractivity contribution in [2.75, 3.05) is 6.61 Å². The summed E-state index contributed by atoms with van der Waals surface area (Å²) >= 11 is 0. The maximum absolute atomic E-state index is 11.5. The zero-order valence-corrected chi connectivity index (χ0v) is 12.7. The van der Waals surface area contributed by atoms with Crippen molar-refractivity contribution in [3.05, 3.63) is 0 Å². The van der Waals surface area contributed by atoms with E-state index in [1.54, 1.807) is 0 Å². The van der Waals surface area contributed by atoms with Crippen LogP contribution in [-0.4, -0.2) is 24.6 Å². The lowest BCUT2D eigenvalue weighted by molar-refractivity contribution is -0.157. The number of esters is 2. The second-order valence-corrected chi connectivity index (χ2v) is 5.39. The number of hydrogen-bond acceptors (Lipinski definition) is 4. The Balaban J connectivity index is 3.66. The maximum Gasteiger partial charge on any atom is 0.317 e. The second kappa shape index (κ2) is 10.8. The van der Waals surface area contributed by atoms with E-state index in [1.807, 2.05) is 6.92 Å². The van der Waals surface area contributed by atoms with Crippen molar-refractivity contribution in [3.63, 3.8) is 0 Å². The van der Waals surface area contributed by atoms with Crippen LogP contribution in [0.1, 0.15) is 66.2 Å². The number of carbonyl (C=O) groups excluding carboxylic acids is 2. The quantitative estimate of drug-likeness (QED) is 0.347. The van der Waals surface area contributed by atoms with E-state index in [4.69, 9.17) is 9.47 Å². The molecule has 0 spiro atoms. The molecule has 0 aliphatic rings. The largest absolute Gasteiger partial charge is 0.465 e. The zero-order chi connectivity index (χ0) is 14.7. The molecule has 0 aromatic heterocycles. The molecule has 0 aromatic carbocycles. The van der Waals surface area contributed by atoms with Gasteiger partial charge in [-0.25, -0.2) is 0 Å². The molecule has 0 N–H and O–H groups in total. The third-order valence-corrected chi connectivity index (χ3v) is 2.69. The third kappa shape index (κ3) is 11.7. The first kappa shape index (κ1) is 17.9. The van der Waals surface area contributed by atoms with Gasteiger partial charge in [0.15, 0.2) is 0 Å². The van der Waals surface area contributed by atoms with Crippen LogP contribution in [0.25, 0.3) is 0 Å². The van der Waals surface area contributed by atoms with Gasteiger partial charge in [-0.2, -0.15) is 0 Å². The predicted octanol–water partition coefficient (Wildman–Crippen LogP) is 3.48. The molecule has 0 bridgehead atoms. The van der Waals surface area contributed by atoms with Gasteiger partial charge in [-0.3, -0.25) is 9.59 Å². The summed E-state index contributed by atoms with van der Waals surface area (Å²) < 4.78 is 10.1. The molecule has 1 atom stereocenters. The Hall–Kier alpha value is -1.06. The number of unbranched alkanes of at least 4 members (excludes halogenated alkanes) is 3. The highest BCUT2D eigenvalue weighted by Crippen LogP contribution is 2.08. The number of rotatable bonds is 10. The molecule has 1 unspecified atom stereocenters. The summed E-state index contributed by atoms with van der Waals surface area (Å²) in [5, 5.41) is 0. The fourth-order valence-electron chi connectivity index (χ4n) is 1.86. The first-order valence-electron chi connectivity index (χ1n) is 7.30. The van der Waals surface area contributed by atoms with Crippen LogP contribution in [0.15, 0.2) is 0 Å². The van der Waals surface area contributed by atoms with Crippen LogP contribution in [0, 0.1) is 5.92 Å². The molecule has 0 radical (unpaired) electrons. The Labute approximate surface area is 116 Å². The third-order valence-electron chi connectivity index (χ3n) is 2.69. The summed E-state index contributed by atoms with van der Waals surface area (Å²) in [6, 6.07) is 0. The average molecular weight is 272 g/mol. The smallest absolute Gasteiger partial charge is 0.317 e. The van der Waals surface area contributed by atoms with Gasteiger partial charge in [0.2, 0.25) is 0 Å². The van der Waals surface area contributed by atoms with Crippen LogP contribution >= 0.6 is 0 Å². The van der Waals surface area contributed by atoms with E-state index in [9.17, 15) is 9.59 Å². The van der Waals surface area contributed by atoms with Gasteiger partial charge in [-0.1, -0.05) is 40.0 Å². The summed E-state index contributed by atoms with van der Waals surface area (Å²) in [4.78, 5) is 22.8. The molecule has 0 rings (SSSR count). The molecule has 0 amide bonds. The van der Waals surface area contributed by atoms with E-state index in [2.05, 4.69) is 20.8 Å². The molecule has 0 saturated heterocycles. The lowest BCUT2D eigenvalue weighted by Crippen LogP contribution is -2.20. The van der Waals surface area contributed by atoms with Crippen LogP contribution in [0.3, 0.4) is 0 Å².